The van der Waals surface area contributed by atoms with Crippen molar-refractivity contribution in [3.8, 4) is 22.3 Å². The third kappa shape index (κ3) is 9.51. The minimum atomic E-state index is -1.62. The molecule has 0 saturated carbocycles. The number of rotatable bonds is 14. The third-order valence-corrected chi connectivity index (χ3v) is 24.6. The molecule has 62 heavy (non-hydrogen) atoms. The molecule has 0 fully saturated rings. The summed E-state index contributed by atoms with van der Waals surface area (Å²) in [4.78, 5) is 0. The molecule has 0 saturated heterocycles. The van der Waals surface area contributed by atoms with Crippen molar-refractivity contribution in [3.05, 3.63) is 132 Å². The van der Waals surface area contributed by atoms with E-state index >= 15 is 0 Å². The van der Waals surface area contributed by atoms with Crippen LogP contribution in [0.25, 0.3) is 87.7 Å². The predicted octanol–water partition coefficient (Wildman–Crippen LogP) is 17.1. The molecule has 4 nitrogen and oxygen atoms in total. The average molecular weight is 887 g/mol. The van der Waals surface area contributed by atoms with Crippen molar-refractivity contribution >= 4 is 98.7 Å². The summed E-state index contributed by atoms with van der Waals surface area (Å²) in [6.07, 6.45) is 4.55. The summed E-state index contributed by atoms with van der Waals surface area (Å²) in [5.74, 6) is 0. The zero-order valence-electron chi connectivity index (χ0n) is 38.4. The SMILES string of the molecule is C[Si](C)(C)O[Si](C)(C)CCCc1ccc(-c2ccc3cc4c(cc3c2)oc2cc3c(cc24)oc2cc4cc(-c5ccc(CCC[Si](C)(C)O[Si](C)(C)C)cc5)ccc4cc23)cc1. The van der Waals surface area contributed by atoms with Gasteiger partial charge < -0.3 is 17.1 Å². The first-order valence-electron chi connectivity index (χ1n) is 22.6. The van der Waals surface area contributed by atoms with Gasteiger partial charge in [-0.15, -0.1) is 0 Å². The maximum atomic E-state index is 6.60. The van der Waals surface area contributed by atoms with Crippen LogP contribution in [0.15, 0.2) is 130 Å². The molecule has 0 aliphatic rings. The van der Waals surface area contributed by atoms with Gasteiger partial charge in [0.05, 0.1) is 0 Å². The van der Waals surface area contributed by atoms with E-state index in [1.165, 1.54) is 79.9 Å². The Labute approximate surface area is 371 Å². The molecule has 0 spiro atoms. The van der Waals surface area contributed by atoms with Gasteiger partial charge in [-0.25, -0.2) is 0 Å². The Morgan fingerprint density at radius 3 is 1.06 bits per heavy atom. The Morgan fingerprint density at radius 2 is 0.694 bits per heavy atom. The van der Waals surface area contributed by atoms with Crippen molar-refractivity contribution in [3.63, 3.8) is 0 Å². The second-order valence-electron chi connectivity index (χ2n) is 20.9. The van der Waals surface area contributed by atoms with Crippen LogP contribution in [-0.4, -0.2) is 33.3 Å². The van der Waals surface area contributed by atoms with Gasteiger partial charge in [-0.05, 0) is 207 Å². The summed E-state index contributed by atoms with van der Waals surface area (Å²) in [6, 6.07) is 47.5. The maximum absolute atomic E-state index is 6.60. The van der Waals surface area contributed by atoms with Gasteiger partial charge in [-0.1, -0.05) is 72.8 Å². The van der Waals surface area contributed by atoms with Crippen molar-refractivity contribution in [2.75, 3.05) is 0 Å². The molecule has 0 amide bonds. The van der Waals surface area contributed by atoms with E-state index in [0.29, 0.717) is 0 Å². The van der Waals surface area contributed by atoms with E-state index in [0.717, 1.165) is 56.7 Å². The van der Waals surface area contributed by atoms with Gasteiger partial charge in [0, 0.05) is 21.5 Å². The molecule has 318 valence electrons. The molecule has 2 heterocycles. The zero-order valence-corrected chi connectivity index (χ0v) is 42.4. The summed E-state index contributed by atoms with van der Waals surface area (Å²) in [5.41, 5.74) is 11.2. The van der Waals surface area contributed by atoms with Crippen molar-refractivity contribution in [2.45, 2.75) is 103 Å². The molecule has 7 aromatic carbocycles. The Hall–Kier alpha value is -4.55. The number of hydrogen-bond acceptors (Lipinski definition) is 4. The Kier molecular flexibility index (Phi) is 11.2. The second-order valence-corrected chi connectivity index (χ2v) is 39.0. The van der Waals surface area contributed by atoms with E-state index in [-0.39, 0.29) is 0 Å². The fraction of sp³-hybridized carbons (Fsp3) is 0.296. The largest absolute Gasteiger partial charge is 0.456 e. The van der Waals surface area contributed by atoms with Gasteiger partial charge in [-0.3, -0.25) is 0 Å². The number of benzene rings is 7. The summed E-state index contributed by atoms with van der Waals surface area (Å²) >= 11 is 0. The fourth-order valence-corrected chi connectivity index (χ4v) is 25.9. The second kappa shape index (κ2) is 16.2. The van der Waals surface area contributed by atoms with Crippen LogP contribution in [0.4, 0.5) is 0 Å². The highest BCUT2D eigenvalue weighted by atomic mass is 28.4. The highest BCUT2D eigenvalue weighted by molar-refractivity contribution is 6.84. The summed E-state index contributed by atoms with van der Waals surface area (Å²) in [6.45, 7) is 23.3. The highest BCUT2D eigenvalue weighted by Crippen LogP contribution is 2.40. The van der Waals surface area contributed by atoms with Gasteiger partial charge in [0.1, 0.15) is 22.3 Å². The molecule has 9 aromatic rings. The molecule has 0 N–H and O–H groups in total. The normalized spacial score (nSPS) is 13.2. The van der Waals surface area contributed by atoms with E-state index in [4.69, 9.17) is 17.1 Å². The molecule has 0 aliphatic heterocycles. The van der Waals surface area contributed by atoms with Crippen LogP contribution < -0.4 is 0 Å². The lowest BCUT2D eigenvalue weighted by atomic mass is 9.98. The van der Waals surface area contributed by atoms with Crippen molar-refractivity contribution in [1.29, 1.82) is 0 Å². The lowest BCUT2D eigenvalue weighted by Crippen LogP contribution is -2.42. The zero-order chi connectivity index (χ0) is 43.6. The van der Waals surface area contributed by atoms with E-state index in [1.54, 1.807) is 0 Å². The van der Waals surface area contributed by atoms with Crippen LogP contribution in [-0.2, 0) is 21.1 Å². The minimum absolute atomic E-state index is 0.879. The first-order chi connectivity index (χ1) is 29.3. The Bertz CT molecular complexity index is 2880. The number of furan rings is 2. The minimum Gasteiger partial charge on any atom is -0.456 e. The monoisotopic (exact) mass is 886 g/mol. The van der Waals surface area contributed by atoms with Gasteiger partial charge in [0.15, 0.2) is 33.3 Å². The van der Waals surface area contributed by atoms with Gasteiger partial charge in [-0.2, -0.15) is 0 Å². The first-order valence-corrected chi connectivity index (χ1v) is 35.7. The molecule has 0 aliphatic carbocycles. The average Bonchev–Trinajstić information content (AvgIpc) is 3.71. The van der Waals surface area contributed by atoms with E-state index < -0.39 is 33.3 Å². The summed E-state index contributed by atoms with van der Waals surface area (Å²) < 4.78 is 26.3. The van der Waals surface area contributed by atoms with Crippen molar-refractivity contribution in [1.82, 2.24) is 0 Å². The highest BCUT2D eigenvalue weighted by Gasteiger charge is 2.30. The predicted molar refractivity (Wildman–Crippen MR) is 277 cm³/mol. The van der Waals surface area contributed by atoms with Crippen LogP contribution in [0, 0.1) is 0 Å². The molecule has 8 heteroatoms. The molecule has 9 rings (SSSR count). The molecule has 2 aromatic heterocycles. The smallest absolute Gasteiger partial charge is 0.173 e. The first kappa shape index (κ1) is 42.7. The fourth-order valence-electron chi connectivity index (χ4n) is 9.81. The van der Waals surface area contributed by atoms with Crippen molar-refractivity contribution in [2.24, 2.45) is 0 Å². The van der Waals surface area contributed by atoms with Crippen molar-refractivity contribution < 1.29 is 17.1 Å². The van der Waals surface area contributed by atoms with E-state index in [9.17, 15) is 0 Å². The maximum Gasteiger partial charge on any atom is 0.173 e. The quantitative estimate of drug-likeness (QED) is 0.102. The lowest BCUT2D eigenvalue weighted by molar-refractivity contribution is 0.542. The molecule has 0 radical (unpaired) electrons. The Balaban J connectivity index is 0.921. The van der Waals surface area contributed by atoms with Gasteiger partial charge in [0.2, 0.25) is 0 Å². The molecule has 0 atom stereocenters. The Morgan fingerprint density at radius 1 is 0.355 bits per heavy atom. The van der Waals surface area contributed by atoms with Crippen LogP contribution >= 0.6 is 0 Å². The summed E-state index contributed by atoms with van der Waals surface area (Å²) in [5, 5.41) is 9.11. The van der Waals surface area contributed by atoms with Gasteiger partial charge in [0.25, 0.3) is 0 Å². The molecular weight excluding hydrogens is 825 g/mol. The standard InChI is InChI=1S/C54H62O4Si4/c1-59(2,3)57-61(7,8)27-11-13-37-15-19-39(20-16-37)41-23-25-43-31-47-49-35-54-50(36-53(49)55-51(47)33-45(43)29-41)48-32-44-26-24-42(30-46(44)34-52(48)56-54)40-21-17-38(18-22-40)14-12-28-62(9,10)58-60(4,5)6/h15-26,29-36H,11-14,27-28H2,1-10H3. The third-order valence-electron chi connectivity index (χ3n) is 12.2. The van der Waals surface area contributed by atoms with Crippen LogP contribution in [0.2, 0.25) is 77.6 Å². The lowest BCUT2D eigenvalue weighted by Gasteiger charge is -2.31. The number of aryl methyl sites for hydroxylation is 2. The van der Waals surface area contributed by atoms with E-state index in [2.05, 4.69) is 187 Å². The number of hydrogen-bond donors (Lipinski definition) is 0. The number of fused-ring (bicyclic) bond motifs is 8. The van der Waals surface area contributed by atoms with Crippen LogP contribution in [0.3, 0.4) is 0 Å². The molecule has 0 bridgehead atoms. The molecule has 0 unspecified atom stereocenters. The van der Waals surface area contributed by atoms with Crippen LogP contribution in [0.5, 0.6) is 0 Å². The topological polar surface area (TPSA) is 44.7 Å². The van der Waals surface area contributed by atoms with Gasteiger partial charge >= 0.3 is 0 Å². The molecular formula is C54H62O4Si4. The van der Waals surface area contributed by atoms with E-state index in [1.807, 2.05) is 0 Å². The van der Waals surface area contributed by atoms with Crippen LogP contribution in [0.1, 0.15) is 24.0 Å². The summed E-state index contributed by atoms with van der Waals surface area (Å²) in [7, 11) is -6.24.